The molecule has 6 nitrogen and oxygen atoms in total. The van der Waals surface area contributed by atoms with Gasteiger partial charge in [0.05, 0.1) is 23.1 Å². The molecule has 5 aromatic heterocycles. The zero-order valence-corrected chi connectivity index (χ0v) is 41.1. The molecule has 0 N–H and O–H groups in total. The first kappa shape index (κ1) is 41.9. The Labute approximate surface area is 376 Å². The topological polar surface area (TPSA) is 69.6 Å². The fourth-order valence-electron chi connectivity index (χ4n) is 10.9. The van der Waals surface area contributed by atoms with Crippen LogP contribution in [0.15, 0.2) is 83.5 Å². The van der Waals surface area contributed by atoms with Crippen molar-refractivity contribution in [2.45, 2.75) is 103 Å². The molecule has 61 heavy (non-hydrogen) atoms. The Hall–Kier alpha value is -4.43. The Morgan fingerprint density at radius 1 is 0.820 bits per heavy atom. The molecule has 0 spiro atoms. The summed E-state index contributed by atoms with van der Waals surface area (Å²) in [6.07, 6.45) is 19.3. The maximum absolute atomic E-state index is 6.17. The van der Waals surface area contributed by atoms with Crippen LogP contribution in [-0.2, 0) is 39.4 Å². The van der Waals surface area contributed by atoms with Crippen LogP contribution in [0.2, 0.25) is 17.3 Å². The van der Waals surface area contributed by atoms with E-state index in [0.717, 1.165) is 92.0 Å². The maximum Gasteiger partial charge on any atom is 0 e. The molecule has 1 radical (unpaired) electrons. The molecule has 3 aromatic carbocycles. The van der Waals surface area contributed by atoms with Gasteiger partial charge in [-0.2, -0.15) is 0 Å². The summed E-state index contributed by atoms with van der Waals surface area (Å²) in [4.78, 5) is 19.0. The first-order valence-electron chi connectivity index (χ1n) is 22.1. The summed E-state index contributed by atoms with van der Waals surface area (Å²) < 4.78 is 10.0. The van der Waals surface area contributed by atoms with Gasteiger partial charge in [0.1, 0.15) is 11.3 Å². The van der Waals surface area contributed by atoms with E-state index in [2.05, 4.69) is 126 Å². The Kier molecular flexibility index (Phi) is 11.5. The van der Waals surface area contributed by atoms with Crippen molar-refractivity contribution in [1.82, 2.24) is 24.5 Å². The van der Waals surface area contributed by atoms with Gasteiger partial charge in [-0.1, -0.05) is 23.3 Å². The van der Waals surface area contributed by atoms with E-state index in [0.29, 0.717) is 5.71 Å². The van der Waals surface area contributed by atoms with Crippen LogP contribution in [0, 0.1) is 57.7 Å². The number of rotatable bonds is 6. The molecule has 2 bridgehead atoms. The van der Waals surface area contributed by atoms with Crippen LogP contribution in [0.5, 0.6) is 0 Å². The summed E-state index contributed by atoms with van der Waals surface area (Å²) in [5, 5.41) is 2.13. The molecule has 8 aromatic rings. The van der Waals surface area contributed by atoms with Crippen LogP contribution in [0.25, 0.3) is 61.4 Å². The first-order valence-corrected chi connectivity index (χ1v) is 29.5. The van der Waals surface area contributed by atoms with Crippen molar-refractivity contribution in [3.05, 3.63) is 130 Å². The second-order valence-electron chi connectivity index (χ2n) is 19.2. The number of aromatic nitrogens is 5. The number of nitrogens with zero attached hydrogens (tertiary/aromatic N) is 5. The molecule has 2 fully saturated rings. The smallest absolute Gasteiger partial charge is 0 e. The fourth-order valence-corrected chi connectivity index (χ4v) is 14.3. The summed E-state index contributed by atoms with van der Waals surface area (Å²) in [5.74, 6) is 11.2. The number of pyridine rings is 3. The quantitative estimate of drug-likeness (QED) is 0.123. The Morgan fingerprint density at radius 3 is 2.31 bits per heavy atom. The summed E-state index contributed by atoms with van der Waals surface area (Å²) in [6, 6.07) is 27.2. The van der Waals surface area contributed by atoms with E-state index < -0.39 is 13.3 Å². The van der Waals surface area contributed by atoms with Crippen LogP contribution < -0.4 is 4.40 Å². The van der Waals surface area contributed by atoms with E-state index in [1.54, 1.807) is 9.96 Å². The molecule has 0 aliphatic heterocycles. The molecule has 0 saturated heterocycles. The summed E-state index contributed by atoms with van der Waals surface area (Å²) in [6.45, 7) is 8.48. The minimum atomic E-state index is -1.90. The molecule has 313 valence electrons. The predicted octanol–water partition coefficient (Wildman–Crippen LogP) is 12.4. The van der Waals surface area contributed by atoms with Crippen LogP contribution >= 0.6 is 0 Å². The molecule has 3 unspecified atom stereocenters. The molecular weight excluding hydrogens is 987 g/mol. The standard InChI is InChI=1S/C31H27N4O.C22H28GeN.Ir/c1-17-9-18(2)29(19(3)10-17)35-27-11-20(4)32-16-26(27)34-30(35)23-13-25-24-12-21-7-5-6-8-22(21)14-28(24)36-31(25)33-15-23;1-23(2,3)21-15-24-22(17-7-5-4-6-8-17)14-20(21)13-19-12-16-9-10-18(19)11-16;/h9-14,16H,5-8H2,1-4H3;4-7,14-16,18-19H,9-13H2,1-3H3;/q2*-1;. The van der Waals surface area contributed by atoms with Crippen molar-refractivity contribution in [2.75, 3.05) is 0 Å². The molecular formula is C53H55GeIrN5O-2. The summed E-state index contributed by atoms with van der Waals surface area (Å²) in [7, 11) is 0. The zero-order chi connectivity index (χ0) is 41.3. The van der Waals surface area contributed by atoms with Crippen molar-refractivity contribution >= 4 is 50.8 Å². The monoisotopic (exact) mass is 1040 g/mol. The second-order valence-corrected chi connectivity index (χ2v) is 29.7. The Bertz CT molecular complexity index is 2900. The van der Waals surface area contributed by atoms with Gasteiger partial charge in [0, 0.05) is 36.9 Å². The number of benzene rings is 3. The molecule has 11 rings (SSSR count). The summed E-state index contributed by atoms with van der Waals surface area (Å²) >= 11 is -1.90. The molecule has 5 heterocycles. The SMILES string of the molecule is Cc1cc(C)c(-n2c(-c3[c-]nc4oc5cc6c(cc5c4c3)CCCC6)nc3cnc(C)cc32)c(C)c1.[CH3][Ge]([CH3])([CH3])[c]1cnc(-c2[c-]cccc2)cc1CC1CC2CCC1C2.[Ir]. The number of imidazole rings is 1. The zero-order valence-electron chi connectivity index (χ0n) is 36.6. The molecule has 3 atom stereocenters. The van der Waals surface area contributed by atoms with E-state index in [-0.39, 0.29) is 20.1 Å². The number of furan rings is 1. The third-order valence-corrected chi connectivity index (χ3v) is 18.0. The van der Waals surface area contributed by atoms with Gasteiger partial charge in [-0.3, -0.25) is 9.97 Å². The van der Waals surface area contributed by atoms with Crippen molar-refractivity contribution in [2.24, 2.45) is 17.8 Å². The average molecular weight is 1040 g/mol. The van der Waals surface area contributed by atoms with Crippen molar-refractivity contribution in [3.63, 3.8) is 0 Å². The third kappa shape index (κ3) is 8.07. The van der Waals surface area contributed by atoms with Gasteiger partial charge >= 0.3 is 149 Å². The largest absolute Gasteiger partial charge is 0 e. The predicted molar refractivity (Wildman–Crippen MR) is 248 cm³/mol. The van der Waals surface area contributed by atoms with Gasteiger partial charge in [-0.15, -0.1) is 6.07 Å². The van der Waals surface area contributed by atoms with E-state index >= 15 is 0 Å². The number of hydrogen-bond acceptors (Lipinski definition) is 5. The van der Waals surface area contributed by atoms with E-state index in [1.807, 2.05) is 25.3 Å². The van der Waals surface area contributed by atoms with E-state index in [1.165, 1.54) is 72.8 Å². The minimum Gasteiger partial charge on any atom is 0 e. The molecule has 0 amide bonds. The molecule has 8 heteroatoms. The van der Waals surface area contributed by atoms with Crippen LogP contribution in [0.3, 0.4) is 0 Å². The van der Waals surface area contributed by atoms with Gasteiger partial charge in [0.25, 0.3) is 0 Å². The summed E-state index contributed by atoms with van der Waals surface area (Å²) in [5.41, 5.74) is 16.7. The van der Waals surface area contributed by atoms with Crippen LogP contribution in [0.4, 0.5) is 0 Å². The van der Waals surface area contributed by atoms with E-state index in [9.17, 15) is 0 Å². The number of fused-ring (bicyclic) bond motifs is 7. The normalized spacial score (nSPS) is 18.3. The Balaban J connectivity index is 0.000000166. The van der Waals surface area contributed by atoms with Crippen molar-refractivity contribution in [3.8, 4) is 28.3 Å². The molecule has 3 aliphatic rings. The Morgan fingerprint density at radius 2 is 1.61 bits per heavy atom. The number of aryl methyl sites for hydroxylation is 6. The second kappa shape index (κ2) is 16.7. The molecule has 2 saturated carbocycles. The average Bonchev–Trinajstić information content (AvgIpc) is 4.02. The first-order chi connectivity index (χ1) is 29.0. The maximum atomic E-state index is 6.17. The van der Waals surface area contributed by atoms with Gasteiger partial charge in [-0.05, 0) is 105 Å². The van der Waals surface area contributed by atoms with Crippen LogP contribution in [-0.4, -0.2) is 37.8 Å². The van der Waals surface area contributed by atoms with Gasteiger partial charge in [-0.25, -0.2) is 0 Å². The fraction of sp³-hybridized carbons (Fsp3) is 0.358. The van der Waals surface area contributed by atoms with Gasteiger partial charge < -0.3 is 14.0 Å². The number of hydrogen-bond donors (Lipinski definition) is 0. The van der Waals surface area contributed by atoms with Gasteiger partial charge in [0.2, 0.25) is 0 Å². The van der Waals surface area contributed by atoms with Crippen LogP contribution in [0.1, 0.15) is 77.6 Å². The van der Waals surface area contributed by atoms with Gasteiger partial charge in [0.15, 0.2) is 0 Å². The third-order valence-electron chi connectivity index (χ3n) is 13.7. The minimum absolute atomic E-state index is 0. The van der Waals surface area contributed by atoms with Crippen molar-refractivity contribution < 1.29 is 24.5 Å². The van der Waals surface area contributed by atoms with E-state index in [4.69, 9.17) is 14.4 Å². The van der Waals surface area contributed by atoms with Crippen molar-refractivity contribution in [1.29, 1.82) is 0 Å². The molecule has 3 aliphatic carbocycles.